The number of hydrogen-bond acceptors (Lipinski definition) is 4. The first-order valence-corrected chi connectivity index (χ1v) is 15.7. The predicted octanol–water partition coefficient (Wildman–Crippen LogP) is 6.25. The number of rotatable bonds is 5. The average molecular weight is 553 g/mol. The van der Waals surface area contributed by atoms with E-state index in [1.54, 1.807) is 24.3 Å². The lowest BCUT2D eigenvalue weighted by atomic mass is 9.53. The zero-order chi connectivity index (χ0) is 27.5. The number of fused-ring (bicyclic) bond motifs is 2. The van der Waals surface area contributed by atoms with Crippen LogP contribution in [0.1, 0.15) is 44.7 Å². The minimum Gasteiger partial charge on any atom is -0.285 e. The Hall–Kier alpha value is -2.78. The van der Waals surface area contributed by atoms with Gasteiger partial charge in [-0.1, -0.05) is 98.8 Å². The van der Waals surface area contributed by atoms with Crippen LogP contribution in [-0.2, 0) is 25.7 Å². The summed E-state index contributed by atoms with van der Waals surface area (Å²) in [7, 11) is -9.75. The maximum Gasteiger partial charge on any atom is 0.271 e. The highest BCUT2D eigenvalue weighted by Crippen LogP contribution is 2.61. The summed E-state index contributed by atoms with van der Waals surface area (Å²) in [6.07, 6.45) is 0.211. The minimum absolute atomic E-state index is 0.00709. The first-order valence-electron chi connectivity index (χ1n) is 12.7. The zero-order valence-electron chi connectivity index (χ0n) is 21.6. The summed E-state index contributed by atoms with van der Waals surface area (Å²) in [6, 6.07) is 25.6. The van der Waals surface area contributed by atoms with Gasteiger partial charge in [0.25, 0.3) is 20.2 Å². The minimum atomic E-state index is -4.88. The van der Waals surface area contributed by atoms with Gasteiger partial charge < -0.3 is 0 Å². The largest absolute Gasteiger partial charge is 0.285 e. The third-order valence-electron chi connectivity index (χ3n) is 8.78. The van der Waals surface area contributed by atoms with Crippen LogP contribution < -0.4 is 0 Å². The molecule has 1 fully saturated rings. The summed E-state index contributed by atoms with van der Waals surface area (Å²) in [6.45, 7) is 5.20. The molecule has 0 radical (unpaired) electrons. The second kappa shape index (κ2) is 9.16. The molecule has 5 rings (SSSR count). The van der Waals surface area contributed by atoms with Crippen LogP contribution >= 0.6 is 0 Å². The summed E-state index contributed by atoms with van der Waals surface area (Å²) in [5.41, 5.74) is -0.969. The van der Waals surface area contributed by atoms with Crippen LogP contribution in [0.15, 0.2) is 84.9 Å². The molecule has 4 aromatic carbocycles. The molecule has 4 aromatic rings. The second-order valence-corrected chi connectivity index (χ2v) is 14.3. The van der Waals surface area contributed by atoms with Gasteiger partial charge in [-0.25, -0.2) is 0 Å². The topological polar surface area (TPSA) is 109 Å². The van der Waals surface area contributed by atoms with Crippen molar-refractivity contribution in [3.63, 3.8) is 0 Å². The predicted molar refractivity (Wildman–Crippen MR) is 152 cm³/mol. The van der Waals surface area contributed by atoms with E-state index in [0.29, 0.717) is 21.9 Å². The van der Waals surface area contributed by atoms with Crippen LogP contribution in [0.3, 0.4) is 0 Å². The Bertz CT molecular complexity index is 1650. The van der Waals surface area contributed by atoms with Crippen molar-refractivity contribution in [2.45, 2.75) is 49.0 Å². The standard InChI is InChI=1S/C30H32O6S2/c1-20(2)23-18-19-29(3,38(34,35)36)30(28(23)37(31,32)33,26-16-8-12-21-10-4-6-14-24(21)26)27-17-9-13-22-11-5-7-15-25(22)27/h4-17,20,23,28H,18-19H2,1-3H3,(H,31,32,33)(H,34,35,36). The van der Waals surface area contributed by atoms with Crippen molar-refractivity contribution in [3.05, 3.63) is 96.1 Å². The van der Waals surface area contributed by atoms with Crippen LogP contribution in [0.4, 0.5) is 0 Å². The molecule has 1 aliphatic rings. The van der Waals surface area contributed by atoms with E-state index in [4.69, 9.17) is 0 Å². The SMILES string of the molecule is CC(C)C1CCC(C)(S(=O)(=O)O)C(c2cccc3ccccc23)(c2cccc3ccccc23)C1S(=O)(=O)O. The van der Waals surface area contributed by atoms with E-state index in [1.807, 2.05) is 74.5 Å². The Morgan fingerprint density at radius 1 is 0.737 bits per heavy atom. The highest BCUT2D eigenvalue weighted by atomic mass is 32.2. The molecule has 200 valence electrons. The van der Waals surface area contributed by atoms with Gasteiger partial charge in [0.05, 0.1) is 5.41 Å². The number of hydrogen-bond donors (Lipinski definition) is 2. The van der Waals surface area contributed by atoms with Gasteiger partial charge in [0, 0.05) is 0 Å². The molecule has 8 heteroatoms. The van der Waals surface area contributed by atoms with Crippen molar-refractivity contribution >= 4 is 41.8 Å². The molecule has 38 heavy (non-hydrogen) atoms. The van der Waals surface area contributed by atoms with Crippen molar-refractivity contribution in [1.82, 2.24) is 0 Å². The first kappa shape index (κ1) is 26.8. The zero-order valence-corrected chi connectivity index (χ0v) is 23.2. The average Bonchev–Trinajstić information content (AvgIpc) is 2.86. The van der Waals surface area contributed by atoms with E-state index in [2.05, 4.69) is 0 Å². The second-order valence-electron chi connectivity index (χ2n) is 10.9. The third-order valence-corrected chi connectivity index (χ3v) is 11.8. The molecule has 0 aromatic heterocycles. The van der Waals surface area contributed by atoms with E-state index < -0.39 is 41.6 Å². The van der Waals surface area contributed by atoms with Gasteiger partial charge in [0.1, 0.15) is 10.00 Å². The van der Waals surface area contributed by atoms with Gasteiger partial charge in [0.15, 0.2) is 0 Å². The lowest BCUT2D eigenvalue weighted by Crippen LogP contribution is -2.68. The van der Waals surface area contributed by atoms with Crippen molar-refractivity contribution in [1.29, 1.82) is 0 Å². The summed E-state index contributed by atoms with van der Waals surface area (Å²) >= 11 is 0. The molecule has 0 spiro atoms. The molecular formula is C30H32O6S2. The Morgan fingerprint density at radius 2 is 1.18 bits per heavy atom. The van der Waals surface area contributed by atoms with Gasteiger partial charge >= 0.3 is 0 Å². The smallest absolute Gasteiger partial charge is 0.271 e. The van der Waals surface area contributed by atoms with Gasteiger partial charge in [-0.2, -0.15) is 16.8 Å². The Labute approximate surface area is 224 Å². The van der Waals surface area contributed by atoms with Crippen LogP contribution in [0.2, 0.25) is 0 Å². The van der Waals surface area contributed by atoms with Gasteiger partial charge in [0.2, 0.25) is 0 Å². The van der Waals surface area contributed by atoms with Crippen LogP contribution in [0.25, 0.3) is 21.5 Å². The Morgan fingerprint density at radius 3 is 1.61 bits per heavy atom. The molecule has 1 aliphatic carbocycles. The van der Waals surface area contributed by atoms with Crippen molar-refractivity contribution < 1.29 is 25.9 Å². The molecule has 6 nitrogen and oxygen atoms in total. The lowest BCUT2D eigenvalue weighted by molar-refractivity contribution is 0.158. The van der Waals surface area contributed by atoms with E-state index in [0.717, 1.165) is 10.8 Å². The molecule has 2 N–H and O–H groups in total. The molecule has 0 saturated heterocycles. The van der Waals surface area contributed by atoms with E-state index >= 15 is 0 Å². The van der Waals surface area contributed by atoms with Crippen LogP contribution in [0, 0.1) is 11.8 Å². The normalized spacial score (nSPS) is 24.2. The summed E-state index contributed by atoms with van der Waals surface area (Å²) in [5.74, 6) is -0.782. The Kier molecular flexibility index (Phi) is 6.46. The fraction of sp³-hybridized carbons (Fsp3) is 0.333. The first-order chi connectivity index (χ1) is 17.8. The number of benzene rings is 4. The molecule has 0 heterocycles. The highest BCUT2D eigenvalue weighted by molar-refractivity contribution is 7.88. The monoisotopic (exact) mass is 552 g/mol. The van der Waals surface area contributed by atoms with Crippen LogP contribution in [0.5, 0.6) is 0 Å². The Balaban J connectivity index is 2.13. The molecule has 3 unspecified atom stereocenters. The molecule has 0 aliphatic heterocycles. The molecule has 0 amide bonds. The molecule has 0 bridgehead atoms. The molecule has 3 atom stereocenters. The fourth-order valence-electron chi connectivity index (χ4n) is 7.03. The van der Waals surface area contributed by atoms with Gasteiger partial charge in [-0.15, -0.1) is 0 Å². The van der Waals surface area contributed by atoms with Crippen molar-refractivity contribution in [3.8, 4) is 0 Å². The highest BCUT2D eigenvalue weighted by Gasteiger charge is 2.69. The van der Waals surface area contributed by atoms with E-state index in [1.165, 1.54) is 6.92 Å². The summed E-state index contributed by atoms with van der Waals surface area (Å²) < 4.78 is 74.5. The van der Waals surface area contributed by atoms with Gasteiger partial charge in [-0.3, -0.25) is 9.11 Å². The molecule has 1 saturated carbocycles. The fourth-order valence-corrected chi connectivity index (χ4v) is 10.1. The summed E-state index contributed by atoms with van der Waals surface area (Å²) in [5, 5.41) is 1.37. The third kappa shape index (κ3) is 3.80. The van der Waals surface area contributed by atoms with Crippen LogP contribution in [-0.4, -0.2) is 35.9 Å². The van der Waals surface area contributed by atoms with Crippen molar-refractivity contribution in [2.75, 3.05) is 0 Å². The maximum atomic E-state index is 13.6. The lowest BCUT2D eigenvalue weighted by Gasteiger charge is -2.57. The van der Waals surface area contributed by atoms with E-state index in [-0.39, 0.29) is 18.8 Å². The maximum absolute atomic E-state index is 13.6. The quantitative estimate of drug-likeness (QED) is 0.283. The summed E-state index contributed by atoms with van der Waals surface area (Å²) in [4.78, 5) is 0. The van der Waals surface area contributed by atoms with Gasteiger partial charge in [-0.05, 0) is 64.3 Å². The molecular weight excluding hydrogens is 520 g/mol. The van der Waals surface area contributed by atoms with Crippen molar-refractivity contribution in [2.24, 2.45) is 11.8 Å². The van der Waals surface area contributed by atoms with E-state index in [9.17, 15) is 25.9 Å².